The van der Waals surface area contributed by atoms with Crippen LogP contribution in [0.4, 0.5) is 0 Å². The Kier molecular flexibility index (Phi) is 7.02. The molecule has 0 aromatic heterocycles. The summed E-state index contributed by atoms with van der Waals surface area (Å²) in [5, 5.41) is 0. The highest BCUT2D eigenvalue weighted by atomic mass is 32.2. The van der Waals surface area contributed by atoms with Gasteiger partial charge < -0.3 is 9.47 Å². The van der Waals surface area contributed by atoms with Crippen molar-refractivity contribution >= 4 is 23.7 Å². The SMILES string of the molecule is C=C(C)C(=O)Oc1ccc(-c2ccc(OC(=O)C(=C)C)cc2SCC)cc1. The van der Waals surface area contributed by atoms with Gasteiger partial charge in [0.15, 0.2) is 0 Å². The molecule has 2 rings (SSSR count). The van der Waals surface area contributed by atoms with Crippen LogP contribution in [0.5, 0.6) is 11.5 Å². The van der Waals surface area contributed by atoms with Crippen molar-refractivity contribution in [2.45, 2.75) is 25.7 Å². The van der Waals surface area contributed by atoms with E-state index in [1.807, 2.05) is 24.3 Å². The molecular formula is C22H22O4S. The Morgan fingerprint density at radius 3 is 1.93 bits per heavy atom. The highest BCUT2D eigenvalue weighted by Crippen LogP contribution is 2.35. The Bertz CT molecular complexity index is 882. The second kappa shape index (κ2) is 9.24. The van der Waals surface area contributed by atoms with Gasteiger partial charge in [-0.1, -0.05) is 32.2 Å². The lowest BCUT2D eigenvalue weighted by molar-refractivity contribution is -0.130. The van der Waals surface area contributed by atoms with Crippen LogP contribution in [0.2, 0.25) is 0 Å². The fraction of sp³-hybridized carbons (Fsp3) is 0.182. The summed E-state index contributed by atoms with van der Waals surface area (Å²) in [7, 11) is 0. The third kappa shape index (κ3) is 5.59. The summed E-state index contributed by atoms with van der Waals surface area (Å²) >= 11 is 1.65. The van der Waals surface area contributed by atoms with E-state index < -0.39 is 11.9 Å². The zero-order valence-electron chi connectivity index (χ0n) is 15.7. The average Bonchev–Trinajstić information content (AvgIpc) is 2.63. The first-order chi connectivity index (χ1) is 12.8. The molecule has 0 N–H and O–H groups in total. The summed E-state index contributed by atoms with van der Waals surface area (Å²) in [6.45, 7) is 12.4. The van der Waals surface area contributed by atoms with E-state index in [0.717, 1.165) is 21.8 Å². The van der Waals surface area contributed by atoms with Crippen LogP contribution in [0, 0.1) is 0 Å². The Morgan fingerprint density at radius 2 is 1.41 bits per heavy atom. The molecule has 0 bridgehead atoms. The molecule has 2 aromatic rings. The first kappa shape index (κ1) is 20.5. The smallest absolute Gasteiger partial charge is 0.338 e. The molecule has 0 saturated heterocycles. The van der Waals surface area contributed by atoms with Crippen LogP contribution in [-0.4, -0.2) is 17.7 Å². The Morgan fingerprint density at radius 1 is 0.889 bits per heavy atom. The van der Waals surface area contributed by atoms with E-state index in [-0.39, 0.29) is 0 Å². The number of carbonyl (C=O) groups excluding carboxylic acids is 2. The van der Waals surface area contributed by atoms with Crippen LogP contribution >= 0.6 is 11.8 Å². The van der Waals surface area contributed by atoms with Crippen LogP contribution in [0.3, 0.4) is 0 Å². The number of thioether (sulfide) groups is 1. The van der Waals surface area contributed by atoms with E-state index in [1.54, 1.807) is 43.8 Å². The molecule has 0 fully saturated rings. The highest BCUT2D eigenvalue weighted by Gasteiger charge is 2.11. The molecule has 0 saturated carbocycles. The van der Waals surface area contributed by atoms with Crippen LogP contribution < -0.4 is 9.47 Å². The summed E-state index contributed by atoms with van der Waals surface area (Å²) in [5.41, 5.74) is 2.68. The van der Waals surface area contributed by atoms with E-state index in [2.05, 4.69) is 20.1 Å². The molecule has 0 amide bonds. The Labute approximate surface area is 163 Å². The highest BCUT2D eigenvalue weighted by molar-refractivity contribution is 7.99. The Hall–Kier alpha value is -2.79. The van der Waals surface area contributed by atoms with Crippen molar-refractivity contribution in [3.8, 4) is 22.6 Å². The van der Waals surface area contributed by atoms with Crippen LogP contribution in [-0.2, 0) is 9.59 Å². The van der Waals surface area contributed by atoms with Crippen LogP contribution in [0.15, 0.2) is 71.7 Å². The average molecular weight is 382 g/mol. The van der Waals surface area contributed by atoms with Gasteiger partial charge in [-0.15, -0.1) is 11.8 Å². The molecule has 0 aliphatic rings. The number of hydrogen-bond donors (Lipinski definition) is 0. The predicted octanol–water partition coefficient (Wildman–Crippen LogP) is 5.43. The minimum atomic E-state index is -0.450. The van der Waals surface area contributed by atoms with Crippen molar-refractivity contribution in [2.75, 3.05) is 5.75 Å². The van der Waals surface area contributed by atoms with Gasteiger partial charge in [-0.2, -0.15) is 0 Å². The molecule has 2 aromatic carbocycles. The minimum absolute atomic E-state index is 0.348. The van der Waals surface area contributed by atoms with E-state index in [0.29, 0.717) is 22.6 Å². The number of ether oxygens (including phenoxy) is 2. The van der Waals surface area contributed by atoms with Gasteiger partial charge in [0.2, 0.25) is 0 Å². The van der Waals surface area contributed by atoms with E-state index in [9.17, 15) is 9.59 Å². The van der Waals surface area contributed by atoms with Crippen molar-refractivity contribution < 1.29 is 19.1 Å². The minimum Gasteiger partial charge on any atom is -0.423 e. The van der Waals surface area contributed by atoms with Gasteiger partial charge in [0.1, 0.15) is 11.5 Å². The third-order valence-electron chi connectivity index (χ3n) is 3.54. The van der Waals surface area contributed by atoms with Gasteiger partial charge in [0.25, 0.3) is 0 Å². The zero-order chi connectivity index (χ0) is 20.0. The molecule has 0 atom stereocenters. The first-order valence-corrected chi connectivity index (χ1v) is 9.43. The summed E-state index contributed by atoms with van der Waals surface area (Å²) in [5.74, 6) is 0.921. The first-order valence-electron chi connectivity index (χ1n) is 8.44. The maximum absolute atomic E-state index is 11.7. The fourth-order valence-corrected chi connectivity index (χ4v) is 3.02. The summed E-state index contributed by atoms with van der Waals surface area (Å²) in [6.07, 6.45) is 0. The van der Waals surface area contributed by atoms with Crippen molar-refractivity contribution in [1.29, 1.82) is 0 Å². The lowest BCUT2D eigenvalue weighted by atomic mass is 10.1. The number of benzene rings is 2. The fourth-order valence-electron chi connectivity index (χ4n) is 2.17. The maximum Gasteiger partial charge on any atom is 0.338 e. The topological polar surface area (TPSA) is 52.6 Å². The number of hydrogen-bond acceptors (Lipinski definition) is 5. The summed E-state index contributed by atoms with van der Waals surface area (Å²) in [6, 6.07) is 12.8. The molecule has 0 aliphatic carbocycles. The number of carbonyl (C=O) groups is 2. The maximum atomic E-state index is 11.7. The third-order valence-corrected chi connectivity index (χ3v) is 4.47. The van der Waals surface area contributed by atoms with Gasteiger partial charge in [0.05, 0.1) is 0 Å². The molecule has 5 heteroatoms. The molecule has 140 valence electrons. The van der Waals surface area contributed by atoms with Gasteiger partial charge in [-0.25, -0.2) is 9.59 Å². The predicted molar refractivity (Wildman–Crippen MR) is 109 cm³/mol. The lowest BCUT2D eigenvalue weighted by Gasteiger charge is -2.12. The number of rotatable bonds is 7. The molecule has 0 spiro atoms. The second-order valence-corrected chi connectivity index (χ2v) is 7.26. The molecule has 0 radical (unpaired) electrons. The van der Waals surface area contributed by atoms with Crippen molar-refractivity contribution in [2.24, 2.45) is 0 Å². The van der Waals surface area contributed by atoms with Gasteiger partial charge in [0, 0.05) is 16.0 Å². The van der Waals surface area contributed by atoms with E-state index in [4.69, 9.17) is 9.47 Å². The second-order valence-electron chi connectivity index (χ2n) is 5.96. The zero-order valence-corrected chi connectivity index (χ0v) is 16.5. The summed E-state index contributed by atoms with van der Waals surface area (Å²) < 4.78 is 10.5. The largest absolute Gasteiger partial charge is 0.423 e. The molecule has 27 heavy (non-hydrogen) atoms. The Balaban J connectivity index is 2.28. The normalized spacial score (nSPS) is 10.2. The molecule has 0 unspecified atom stereocenters. The van der Waals surface area contributed by atoms with Crippen LogP contribution in [0.25, 0.3) is 11.1 Å². The van der Waals surface area contributed by atoms with Gasteiger partial charge >= 0.3 is 11.9 Å². The van der Waals surface area contributed by atoms with Crippen molar-refractivity contribution in [1.82, 2.24) is 0 Å². The number of esters is 2. The van der Waals surface area contributed by atoms with Crippen molar-refractivity contribution in [3.63, 3.8) is 0 Å². The molecule has 0 heterocycles. The van der Waals surface area contributed by atoms with Gasteiger partial charge in [-0.05, 0) is 61.1 Å². The molecule has 4 nitrogen and oxygen atoms in total. The lowest BCUT2D eigenvalue weighted by Crippen LogP contribution is -2.08. The monoisotopic (exact) mass is 382 g/mol. The van der Waals surface area contributed by atoms with E-state index in [1.165, 1.54) is 0 Å². The molecular weight excluding hydrogens is 360 g/mol. The van der Waals surface area contributed by atoms with Crippen LogP contribution in [0.1, 0.15) is 20.8 Å². The van der Waals surface area contributed by atoms with Crippen molar-refractivity contribution in [3.05, 3.63) is 66.8 Å². The van der Waals surface area contributed by atoms with Gasteiger partial charge in [-0.3, -0.25) is 0 Å². The standard InChI is InChI=1S/C22H22O4S/c1-6-27-20-13-18(26-22(24)15(4)5)11-12-19(20)16-7-9-17(10-8-16)25-21(23)14(2)3/h7-13H,2,4,6H2,1,3,5H3. The molecule has 0 aliphatic heterocycles. The quantitative estimate of drug-likeness (QED) is 0.277. The summed E-state index contributed by atoms with van der Waals surface area (Å²) in [4.78, 5) is 24.3. The van der Waals surface area contributed by atoms with E-state index >= 15 is 0 Å².